The second kappa shape index (κ2) is 12.0. The molecule has 0 radical (unpaired) electrons. The number of benzene rings is 2. The van der Waals surface area contributed by atoms with Gasteiger partial charge in [0, 0.05) is 62.6 Å². The Morgan fingerprint density at radius 1 is 1.07 bits per heavy atom. The Balaban J connectivity index is 0.00000320. The molecule has 1 fully saturated rings. The van der Waals surface area contributed by atoms with Gasteiger partial charge in [-0.25, -0.2) is 0 Å². The molecule has 2 N–H and O–H groups in total. The SMILES string of the molecule is CCNC(=O)c1ccc(CNC(=NC)N2CCN(c3cccc(Cl)c3)CC2)cc1.I. The van der Waals surface area contributed by atoms with E-state index in [9.17, 15) is 4.79 Å². The van der Waals surface area contributed by atoms with Crippen LogP contribution in [0, 0.1) is 0 Å². The molecule has 162 valence electrons. The topological polar surface area (TPSA) is 60.0 Å². The predicted octanol–water partition coefficient (Wildman–Crippen LogP) is 3.61. The van der Waals surface area contributed by atoms with Gasteiger partial charge in [0.05, 0.1) is 0 Å². The minimum Gasteiger partial charge on any atom is -0.368 e. The lowest BCUT2D eigenvalue weighted by atomic mass is 10.1. The summed E-state index contributed by atoms with van der Waals surface area (Å²) in [6.07, 6.45) is 0. The van der Waals surface area contributed by atoms with Crippen LogP contribution in [0.4, 0.5) is 5.69 Å². The van der Waals surface area contributed by atoms with Crippen LogP contribution in [-0.4, -0.2) is 56.5 Å². The van der Waals surface area contributed by atoms with Gasteiger partial charge >= 0.3 is 0 Å². The summed E-state index contributed by atoms with van der Waals surface area (Å²) in [5, 5.41) is 7.00. The maximum Gasteiger partial charge on any atom is 0.251 e. The third-order valence-electron chi connectivity index (χ3n) is 4.97. The van der Waals surface area contributed by atoms with Crippen molar-refractivity contribution in [1.82, 2.24) is 15.5 Å². The van der Waals surface area contributed by atoms with Crippen LogP contribution in [0.25, 0.3) is 0 Å². The molecule has 1 aliphatic heterocycles. The monoisotopic (exact) mass is 541 g/mol. The maximum atomic E-state index is 11.9. The lowest BCUT2D eigenvalue weighted by Crippen LogP contribution is -2.52. The van der Waals surface area contributed by atoms with Crippen molar-refractivity contribution < 1.29 is 4.79 Å². The van der Waals surface area contributed by atoms with Gasteiger partial charge in [-0.15, -0.1) is 24.0 Å². The molecule has 1 heterocycles. The van der Waals surface area contributed by atoms with Gasteiger partial charge in [-0.1, -0.05) is 29.8 Å². The minimum atomic E-state index is -0.0413. The average Bonchev–Trinajstić information content (AvgIpc) is 2.75. The zero-order valence-corrected chi connectivity index (χ0v) is 20.5. The molecule has 0 aliphatic carbocycles. The van der Waals surface area contributed by atoms with Crippen LogP contribution in [0.5, 0.6) is 0 Å². The minimum absolute atomic E-state index is 0. The first kappa shape index (κ1) is 24.3. The molecular weight excluding hydrogens is 513 g/mol. The van der Waals surface area contributed by atoms with Crippen molar-refractivity contribution in [3.05, 3.63) is 64.7 Å². The molecular formula is C22H29ClIN5O. The molecule has 1 aliphatic rings. The van der Waals surface area contributed by atoms with Crippen molar-refractivity contribution in [2.45, 2.75) is 13.5 Å². The van der Waals surface area contributed by atoms with E-state index in [-0.39, 0.29) is 29.9 Å². The normalized spacial score (nSPS) is 14.2. The molecule has 1 amide bonds. The number of amides is 1. The number of anilines is 1. The van der Waals surface area contributed by atoms with E-state index in [0.29, 0.717) is 18.7 Å². The third-order valence-corrected chi connectivity index (χ3v) is 5.20. The highest BCUT2D eigenvalue weighted by Crippen LogP contribution is 2.20. The summed E-state index contributed by atoms with van der Waals surface area (Å²) in [5.41, 5.74) is 2.95. The largest absolute Gasteiger partial charge is 0.368 e. The van der Waals surface area contributed by atoms with Crippen LogP contribution >= 0.6 is 35.6 Å². The Bertz CT molecular complexity index is 851. The van der Waals surface area contributed by atoms with Gasteiger partial charge in [0.2, 0.25) is 0 Å². The second-order valence-electron chi connectivity index (χ2n) is 6.91. The summed E-state index contributed by atoms with van der Waals surface area (Å²) in [4.78, 5) is 20.9. The molecule has 2 aromatic rings. The molecule has 0 atom stereocenters. The van der Waals surface area contributed by atoms with Gasteiger partial charge < -0.3 is 20.4 Å². The van der Waals surface area contributed by atoms with Gasteiger partial charge in [-0.2, -0.15) is 0 Å². The fourth-order valence-corrected chi connectivity index (χ4v) is 3.58. The number of hydrogen-bond acceptors (Lipinski definition) is 3. The van der Waals surface area contributed by atoms with Gasteiger partial charge in [0.1, 0.15) is 0 Å². The summed E-state index contributed by atoms with van der Waals surface area (Å²) >= 11 is 6.12. The van der Waals surface area contributed by atoms with E-state index in [0.717, 1.165) is 48.4 Å². The lowest BCUT2D eigenvalue weighted by molar-refractivity contribution is 0.0956. The third kappa shape index (κ3) is 6.50. The molecule has 0 spiro atoms. The average molecular weight is 542 g/mol. The van der Waals surface area contributed by atoms with E-state index in [1.165, 1.54) is 0 Å². The van der Waals surface area contributed by atoms with E-state index in [4.69, 9.17) is 11.6 Å². The zero-order valence-electron chi connectivity index (χ0n) is 17.4. The smallest absolute Gasteiger partial charge is 0.251 e. The van der Waals surface area contributed by atoms with E-state index in [1.54, 1.807) is 0 Å². The van der Waals surface area contributed by atoms with Crippen molar-refractivity contribution in [1.29, 1.82) is 0 Å². The summed E-state index contributed by atoms with van der Waals surface area (Å²) in [7, 11) is 1.81. The fourth-order valence-electron chi connectivity index (χ4n) is 3.40. The summed E-state index contributed by atoms with van der Waals surface area (Å²) in [5.74, 6) is 0.851. The van der Waals surface area contributed by atoms with Crippen molar-refractivity contribution in [2.75, 3.05) is 44.7 Å². The number of aliphatic imine (C=N–C) groups is 1. The van der Waals surface area contributed by atoms with Crippen LogP contribution in [0.1, 0.15) is 22.8 Å². The Morgan fingerprint density at radius 3 is 2.37 bits per heavy atom. The standard InChI is InChI=1S/C22H28ClN5O.HI/c1-3-25-21(29)18-9-7-17(8-10-18)16-26-22(24-2)28-13-11-27(12-14-28)20-6-4-5-19(23)15-20;/h4-10,15H,3,11-14,16H2,1-2H3,(H,24,26)(H,25,29);1H. The number of rotatable bonds is 5. The number of hydrogen-bond donors (Lipinski definition) is 2. The molecule has 0 unspecified atom stereocenters. The highest BCUT2D eigenvalue weighted by atomic mass is 127. The van der Waals surface area contributed by atoms with E-state index in [2.05, 4.69) is 31.5 Å². The number of carbonyl (C=O) groups excluding carboxylic acids is 1. The van der Waals surface area contributed by atoms with E-state index in [1.807, 2.05) is 56.4 Å². The fraction of sp³-hybridized carbons (Fsp3) is 0.364. The second-order valence-corrected chi connectivity index (χ2v) is 7.35. The van der Waals surface area contributed by atoms with Crippen LogP contribution in [0.3, 0.4) is 0 Å². The van der Waals surface area contributed by atoms with Gasteiger partial charge in [-0.05, 0) is 42.8 Å². The van der Waals surface area contributed by atoms with Gasteiger partial charge in [0.15, 0.2) is 5.96 Å². The highest BCUT2D eigenvalue weighted by Gasteiger charge is 2.20. The van der Waals surface area contributed by atoms with Crippen LogP contribution in [0.2, 0.25) is 5.02 Å². The number of carbonyl (C=O) groups is 1. The highest BCUT2D eigenvalue weighted by molar-refractivity contribution is 14.0. The number of nitrogens with one attached hydrogen (secondary N) is 2. The summed E-state index contributed by atoms with van der Waals surface area (Å²) < 4.78 is 0. The van der Waals surface area contributed by atoms with Crippen molar-refractivity contribution >= 4 is 53.1 Å². The van der Waals surface area contributed by atoms with Crippen LogP contribution in [0.15, 0.2) is 53.5 Å². The molecule has 8 heteroatoms. The first-order chi connectivity index (χ1) is 14.1. The Labute approximate surface area is 200 Å². The number of halogens is 2. The number of nitrogens with zero attached hydrogens (tertiary/aromatic N) is 3. The first-order valence-electron chi connectivity index (χ1n) is 9.94. The molecule has 3 rings (SSSR count). The molecule has 0 bridgehead atoms. The first-order valence-corrected chi connectivity index (χ1v) is 10.3. The van der Waals surface area contributed by atoms with Crippen molar-refractivity contribution in [3.63, 3.8) is 0 Å². The molecule has 6 nitrogen and oxygen atoms in total. The summed E-state index contributed by atoms with van der Waals surface area (Å²) in [6.45, 7) is 6.83. The van der Waals surface area contributed by atoms with Crippen molar-refractivity contribution in [3.8, 4) is 0 Å². The maximum absolute atomic E-state index is 11.9. The number of piperazine rings is 1. The molecule has 2 aromatic carbocycles. The summed E-state index contributed by atoms with van der Waals surface area (Å²) in [6, 6.07) is 15.7. The molecule has 0 saturated carbocycles. The van der Waals surface area contributed by atoms with Crippen LogP contribution < -0.4 is 15.5 Å². The van der Waals surface area contributed by atoms with E-state index >= 15 is 0 Å². The lowest BCUT2D eigenvalue weighted by Gasteiger charge is -2.37. The van der Waals surface area contributed by atoms with Gasteiger partial charge in [0.25, 0.3) is 5.91 Å². The number of guanidine groups is 1. The van der Waals surface area contributed by atoms with Crippen LogP contribution in [-0.2, 0) is 6.54 Å². The molecule has 1 saturated heterocycles. The Hall–Kier alpha value is -2.00. The van der Waals surface area contributed by atoms with Crippen molar-refractivity contribution in [2.24, 2.45) is 4.99 Å². The molecule has 0 aromatic heterocycles. The predicted molar refractivity (Wildman–Crippen MR) is 135 cm³/mol. The van der Waals surface area contributed by atoms with Gasteiger partial charge in [-0.3, -0.25) is 9.79 Å². The quantitative estimate of drug-likeness (QED) is 0.345. The Morgan fingerprint density at radius 2 is 1.77 bits per heavy atom. The zero-order chi connectivity index (χ0) is 20.6. The van der Waals surface area contributed by atoms with E-state index < -0.39 is 0 Å². The Kier molecular flexibility index (Phi) is 9.71. The molecule has 30 heavy (non-hydrogen) atoms.